The Balaban J connectivity index is 1.72. The number of hydrogen-bond acceptors (Lipinski definition) is 2. The summed E-state index contributed by atoms with van der Waals surface area (Å²) in [5.41, 5.74) is 3.91. The Morgan fingerprint density at radius 2 is 1.84 bits per heavy atom. The first-order valence-corrected chi connectivity index (χ1v) is 8.11. The zero-order valence-electron chi connectivity index (χ0n) is 14.2. The van der Waals surface area contributed by atoms with Gasteiger partial charge < -0.3 is 10.3 Å². The van der Waals surface area contributed by atoms with E-state index in [4.69, 9.17) is 0 Å². The highest BCUT2D eigenvalue weighted by Gasteiger charge is 2.08. The van der Waals surface area contributed by atoms with Crippen LogP contribution >= 0.6 is 0 Å². The van der Waals surface area contributed by atoms with E-state index in [0.717, 1.165) is 22.0 Å². The number of pyridine rings is 1. The van der Waals surface area contributed by atoms with Gasteiger partial charge in [-0.2, -0.15) is 0 Å². The van der Waals surface area contributed by atoms with Crippen molar-refractivity contribution in [2.45, 2.75) is 20.3 Å². The van der Waals surface area contributed by atoms with Crippen LogP contribution < -0.4 is 10.9 Å². The van der Waals surface area contributed by atoms with E-state index in [1.54, 1.807) is 0 Å². The van der Waals surface area contributed by atoms with Gasteiger partial charge in [0, 0.05) is 17.7 Å². The molecular weight excluding hydrogens is 319 g/mol. The van der Waals surface area contributed by atoms with Gasteiger partial charge in [0.15, 0.2) is 0 Å². The van der Waals surface area contributed by atoms with Crippen molar-refractivity contribution in [2.75, 3.05) is 6.54 Å². The molecule has 0 atom stereocenters. The highest BCUT2D eigenvalue weighted by atomic mass is 19.1. The molecule has 0 radical (unpaired) electrons. The van der Waals surface area contributed by atoms with Crippen molar-refractivity contribution >= 4 is 16.8 Å². The summed E-state index contributed by atoms with van der Waals surface area (Å²) in [4.78, 5) is 27.2. The van der Waals surface area contributed by atoms with Gasteiger partial charge in [-0.05, 0) is 67.1 Å². The fourth-order valence-corrected chi connectivity index (χ4v) is 2.77. The maximum atomic E-state index is 12.9. The number of benzene rings is 2. The average molecular weight is 338 g/mol. The molecule has 3 aromatic rings. The lowest BCUT2D eigenvalue weighted by Crippen LogP contribution is -2.27. The van der Waals surface area contributed by atoms with E-state index >= 15 is 0 Å². The Morgan fingerprint density at radius 3 is 2.56 bits per heavy atom. The highest BCUT2D eigenvalue weighted by Crippen LogP contribution is 2.18. The van der Waals surface area contributed by atoms with Crippen LogP contribution in [0.15, 0.2) is 47.3 Å². The largest absolute Gasteiger partial charge is 0.352 e. The van der Waals surface area contributed by atoms with Crippen LogP contribution in [-0.4, -0.2) is 17.4 Å². The van der Waals surface area contributed by atoms with Crippen molar-refractivity contribution in [2.24, 2.45) is 0 Å². The number of aromatic nitrogens is 1. The summed E-state index contributed by atoms with van der Waals surface area (Å²) in [6, 6.07) is 11.2. The fourth-order valence-electron chi connectivity index (χ4n) is 2.77. The molecule has 128 valence electrons. The minimum absolute atomic E-state index is 0.141. The molecule has 0 aliphatic rings. The number of fused-ring (bicyclic) bond motifs is 1. The molecule has 0 fully saturated rings. The molecular formula is C20H19FN2O2. The Hall–Kier alpha value is -2.95. The summed E-state index contributed by atoms with van der Waals surface area (Å²) in [6.45, 7) is 4.32. The van der Waals surface area contributed by atoms with Gasteiger partial charge in [-0.1, -0.05) is 12.1 Å². The smallest absolute Gasteiger partial charge is 0.251 e. The van der Waals surface area contributed by atoms with Gasteiger partial charge >= 0.3 is 0 Å². The lowest BCUT2D eigenvalue weighted by molar-refractivity contribution is 0.0954. The predicted molar refractivity (Wildman–Crippen MR) is 96.5 cm³/mol. The van der Waals surface area contributed by atoms with E-state index in [2.05, 4.69) is 10.3 Å². The molecule has 2 aromatic carbocycles. The zero-order valence-corrected chi connectivity index (χ0v) is 14.2. The molecule has 0 saturated heterocycles. The van der Waals surface area contributed by atoms with E-state index in [9.17, 15) is 14.0 Å². The molecule has 0 saturated carbocycles. The summed E-state index contributed by atoms with van der Waals surface area (Å²) in [5, 5.41) is 3.72. The third-order valence-electron chi connectivity index (χ3n) is 4.41. The van der Waals surface area contributed by atoms with Crippen LogP contribution in [0, 0.1) is 19.7 Å². The molecule has 1 aromatic heterocycles. The number of hydrogen-bond donors (Lipinski definition) is 2. The molecule has 5 heteroatoms. The third kappa shape index (κ3) is 3.60. The third-order valence-corrected chi connectivity index (χ3v) is 4.41. The fraction of sp³-hybridized carbons (Fsp3) is 0.200. The van der Waals surface area contributed by atoms with Crippen molar-refractivity contribution < 1.29 is 9.18 Å². The first kappa shape index (κ1) is 16.9. The van der Waals surface area contributed by atoms with E-state index in [-0.39, 0.29) is 17.3 Å². The van der Waals surface area contributed by atoms with Crippen LogP contribution in [0.4, 0.5) is 4.39 Å². The molecule has 0 aliphatic carbocycles. The molecule has 0 bridgehead atoms. The van der Waals surface area contributed by atoms with Gasteiger partial charge in [0.05, 0.1) is 5.52 Å². The molecule has 3 rings (SSSR count). The number of carbonyl (C=O) groups excluding carboxylic acids is 1. The van der Waals surface area contributed by atoms with Crippen molar-refractivity contribution in [3.63, 3.8) is 0 Å². The Labute approximate surface area is 144 Å². The zero-order chi connectivity index (χ0) is 18.0. The highest BCUT2D eigenvalue weighted by molar-refractivity contribution is 5.94. The molecule has 0 unspecified atom stereocenters. The number of rotatable bonds is 4. The molecule has 1 amide bonds. The number of aromatic amines is 1. The number of nitrogens with one attached hydrogen (secondary N) is 2. The first-order valence-electron chi connectivity index (χ1n) is 8.11. The number of aryl methyl sites for hydroxylation is 2. The van der Waals surface area contributed by atoms with Crippen LogP contribution in [0.1, 0.15) is 27.0 Å². The van der Waals surface area contributed by atoms with Crippen molar-refractivity contribution in [1.29, 1.82) is 0 Å². The lowest BCUT2D eigenvalue weighted by atomic mass is 10.0. The van der Waals surface area contributed by atoms with Crippen LogP contribution in [0.25, 0.3) is 10.9 Å². The second-order valence-corrected chi connectivity index (χ2v) is 6.11. The van der Waals surface area contributed by atoms with E-state index in [1.165, 1.54) is 24.3 Å². The summed E-state index contributed by atoms with van der Waals surface area (Å²) in [6.07, 6.45) is 0.422. The Kier molecular flexibility index (Phi) is 4.65. The second-order valence-electron chi connectivity index (χ2n) is 6.11. The second kappa shape index (κ2) is 6.89. The van der Waals surface area contributed by atoms with Crippen LogP contribution in [0.5, 0.6) is 0 Å². The number of H-pyrrole nitrogens is 1. The topological polar surface area (TPSA) is 62.0 Å². The standard InChI is InChI=1S/C20H19FN2O2/c1-12-3-4-15-11-16(20(25)23-18(15)13(12)2)9-10-22-19(24)14-5-7-17(21)8-6-14/h3-8,11H,9-10H2,1-2H3,(H,22,24)(H,23,25). The number of amides is 1. The maximum absolute atomic E-state index is 12.9. The average Bonchev–Trinajstić information content (AvgIpc) is 2.60. The van der Waals surface area contributed by atoms with Crippen LogP contribution in [-0.2, 0) is 6.42 Å². The van der Waals surface area contributed by atoms with Gasteiger partial charge in [-0.25, -0.2) is 4.39 Å². The van der Waals surface area contributed by atoms with E-state index < -0.39 is 0 Å². The van der Waals surface area contributed by atoms with E-state index in [1.807, 2.05) is 32.0 Å². The molecule has 1 heterocycles. The molecule has 25 heavy (non-hydrogen) atoms. The minimum atomic E-state index is -0.384. The predicted octanol–water partition coefficient (Wildman–Crippen LogP) is 3.26. The normalized spacial score (nSPS) is 10.8. The Bertz CT molecular complexity index is 991. The summed E-state index contributed by atoms with van der Waals surface area (Å²) < 4.78 is 12.9. The van der Waals surface area contributed by atoms with Gasteiger partial charge in [0.25, 0.3) is 11.5 Å². The molecule has 0 spiro atoms. The van der Waals surface area contributed by atoms with Gasteiger partial charge in [-0.3, -0.25) is 9.59 Å². The Morgan fingerprint density at radius 1 is 1.12 bits per heavy atom. The summed E-state index contributed by atoms with van der Waals surface area (Å²) >= 11 is 0. The summed E-state index contributed by atoms with van der Waals surface area (Å²) in [7, 11) is 0. The quantitative estimate of drug-likeness (QED) is 0.767. The maximum Gasteiger partial charge on any atom is 0.251 e. The van der Waals surface area contributed by atoms with Gasteiger partial charge in [0.2, 0.25) is 0 Å². The number of carbonyl (C=O) groups is 1. The molecule has 0 aliphatic heterocycles. The molecule has 2 N–H and O–H groups in total. The van der Waals surface area contributed by atoms with Crippen molar-refractivity contribution in [1.82, 2.24) is 10.3 Å². The van der Waals surface area contributed by atoms with Gasteiger partial charge in [0.1, 0.15) is 5.82 Å². The van der Waals surface area contributed by atoms with Gasteiger partial charge in [-0.15, -0.1) is 0 Å². The first-order chi connectivity index (χ1) is 12.0. The molecule has 4 nitrogen and oxygen atoms in total. The summed E-state index contributed by atoms with van der Waals surface area (Å²) in [5.74, 6) is -0.673. The minimum Gasteiger partial charge on any atom is -0.352 e. The van der Waals surface area contributed by atoms with Crippen LogP contribution in [0.3, 0.4) is 0 Å². The SMILES string of the molecule is Cc1ccc2cc(CCNC(=O)c3ccc(F)cc3)c(=O)[nH]c2c1C. The van der Waals surface area contributed by atoms with E-state index in [0.29, 0.717) is 24.1 Å². The van der Waals surface area contributed by atoms with Crippen molar-refractivity contribution in [3.05, 3.63) is 80.9 Å². The lowest BCUT2D eigenvalue weighted by Gasteiger charge is -2.09. The number of halogens is 1. The van der Waals surface area contributed by atoms with Crippen molar-refractivity contribution in [3.8, 4) is 0 Å². The van der Waals surface area contributed by atoms with Crippen LogP contribution in [0.2, 0.25) is 0 Å². The monoisotopic (exact) mass is 338 g/mol.